The number of aromatic nitrogens is 5. The number of carbonyl (C=O) groups is 1. The van der Waals surface area contributed by atoms with Crippen LogP contribution in [0.5, 0.6) is 5.75 Å². The molecule has 0 bridgehead atoms. The van der Waals surface area contributed by atoms with Crippen molar-refractivity contribution in [3.63, 3.8) is 0 Å². The summed E-state index contributed by atoms with van der Waals surface area (Å²) in [6.07, 6.45) is 7.82. The molecular formula is C27H26F3N5O3. The van der Waals surface area contributed by atoms with Crippen molar-refractivity contribution in [2.75, 3.05) is 13.7 Å². The van der Waals surface area contributed by atoms with Gasteiger partial charge < -0.3 is 19.0 Å². The Bertz CT molecular complexity index is 1440. The van der Waals surface area contributed by atoms with Crippen molar-refractivity contribution in [2.24, 2.45) is 0 Å². The topological polar surface area (TPSA) is 94.9 Å². The Kier molecular flexibility index (Phi) is 8.25. The molecule has 0 aliphatic carbocycles. The number of hydrogen-bond donors (Lipinski definition) is 1. The molecule has 0 saturated carbocycles. The zero-order chi connectivity index (χ0) is 27.2. The minimum Gasteiger partial charge on any atom is -0.495 e. The zero-order valence-corrected chi connectivity index (χ0v) is 21.0. The van der Waals surface area contributed by atoms with E-state index < -0.39 is 29.3 Å². The molecule has 11 heteroatoms. The van der Waals surface area contributed by atoms with Crippen molar-refractivity contribution in [2.45, 2.75) is 32.6 Å². The molecule has 0 saturated heterocycles. The second-order valence-corrected chi connectivity index (χ2v) is 8.62. The van der Waals surface area contributed by atoms with Crippen LogP contribution in [0.4, 0.5) is 13.2 Å². The minimum atomic E-state index is -1.54. The van der Waals surface area contributed by atoms with Gasteiger partial charge in [-0.1, -0.05) is 12.1 Å². The van der Waals surface area contributed by atoms with Gasteiger partial charge in [-0.2, -0.15) is 0 Å². The molecule has 0 aliphatic rings. The number of methoxy groups -OCH3 is 1. The molecule has 4 rings (SSSR count). The van der Waals surface area contributed by atoms with Crippen molar-refractivity contribution in [1.29, 1.82) is 0 Å². The summed E-state index contributed by atoms with van der Waals surface area (Å²) in [6.45, 7) is 3.31. The van der Waals surface area contributed by atoms with E-state index in [9.17, 15) is 18.0 Å². The van der Waals surface area contributed by atoms with Crippen LogP contribution in [0.25, 0.3) is 17.8 Å². The van der Waals surface area contributed by atoms with E-state index in [-0.39, 0.29) is 12.2 Å². The van der Waals surface area contributed by atoms with Crippen LogP contribution >= 0.6 is 0 Å². The SMILES string of the molecule is COc1cc(C=Cc2nnc(C(CCCOC(C)=O)c3cc(F)c(F)c(F)c3)[nH]2)ccc1-n1cnc(C)c1. The van der Waals surface area contributed by atoms with Gasteiger partial charge in [0.2, 0.25) is 0 Å². The number of carbonyl (C=O) groups excluding carboxylic acids is 1. The van der Waals surface area contributed by atoms with Crippen LogP contribution in [-0.2, 0) is 9.53 Å². The number of benzene rings is 2. The number of aryl methyl sites for hydroxylation is 1. The molecule has 1 N–H and O–H groups in total. The number of ether oxygens (including phenoxy) is 2. The van der Waals surface area contributed by atoms with E-state index in [4.69, 9.17) is 9.47 Å². The quantitative estimate of drug-likeness (QED) is 0.170. The summed E-state index contributed by atoms with van der Waals surface area (Å²) in [6, 6.07) is 7.54. The molecule has 0 fully saturated rings. The molecule has 0 amide bonds. The molecule has 1 unspecified atom stereocenters. The molecule has 0 radical (unpaired) electrons. The second kappa shape index (κ2) is 11.8. The van der Waals surface area contributed by atoms with Crippen LogP contribution in [0.3, 0.4) is 0 Å². The number of halogens is 3. The number of aromatic amines is 1. The lowest BCUT2D eigenvalue weighted by molar-refractivity contribution is -0.141. The fourth-order valence-electron chi connectivity index (χ4n) is 4.00. The monoisotopic (exact) mass is 525 g/mol. The third kappa shape index (κ3) is 6.28. The van der Waals surface area contributed by atoms with Gasteiger partial charge in [-0.05, 0) is 61.2 Å². The number of imidazole rings is 1. The summed E-state index contributed by atoms with van der Waals surface area (Å²) in [7, 11) is 1.58. The highest BCUT2D eigenvalue weighted by atomic mass is 19.2. The van der Waals surface area contributed by atoms with Gasteiger partial charge in [0, 0.05) is 19.0 Å². The third-order valence-electron chi connectivity index (χ3n) is 5.83. The van der Waals surface area contributed by atoms with Gasteiger partial charge in [0.15, 0.2) is 23.3 Å². The third-order valence-corrected chi connectivity index (χ3v) is 5.83. The van der Waals surface area contributed by atoms with Gasteiger partial charge in [-0.25, -0.2) is 18.2 Å². The lowest BCUT2D eigenvalue weighted by Gasteiger charge is -2.15. The normalized spacial score (nSPS) is 12.2. The van der Waals surface area contributed by atoms with Gasteiger partial charge in [-0.15, -0.1) is 10.2 Å². The Hall–Kier alpha value is -4.41. The van der Waals surface area contributed by atoms with Crippen molar-refractivity contribution in [3.8, 4) is 11.4 Å². The summed E-state index contributed by atoms with van der Waals surface area (Å²) in [4.78, 5) is 18.4. The van der Waals surface area contributed by atoms with Crippen LogP contribution in [0.1, 0.15) is 54.2 Å². The predicted octanol–water partition coefficient (Wildman–Crippen LogP) is 5.37. The van der Waals surface area contributed by atoms with Gasteiger partial charge in [0.05, 0.1) is 31.4 Å². The van der Waals surface area contributed by atoms with Gasteiger partial charge >= 0.3 is 5.97 Å². The Morgan fingerprint density at radius 3 is 2.55 bits per heavy atom. The molecular weight excluding hydrogens is 499 g/mol. The number of hydrogen-bond acceptors (Lipinski definition) is 6. The van der Waals surface area contributed by atoms with E-state index in [2.05, 4.69) is 20.2 Å². The molecule has 0 spiro atoms. The highest BCUT2D eigenvalue weighted by Gasteiger charge is 2.22. The van der Waals surface area contributed by atoms with Crippen LogP contribution in [0.15, 0.2) is 42.9 Å². The summed E-state index contributed by atoms with van der Waals surface area (Å²) < 4.78 is 53.8. The number of nitrogens with one attached hydrogen (secondary N) is 1. The number of H-pyrrole nitrogens is 1. The van der Waals surface area contributed by atoms with Crippen molar-refractivity contribution >= 4 is 18.1 Å². The maximum absolute atomic E-state index is 14.0. The first-order valence-corrected chi connectivity index (χ1v) is 11.8. The summed E-state index contributed by atoms with van der Waals surface area (Å²) in [5, 5.41) is 8.28. The highest BCUT2D eigenvalue weighted by molar-refractivity contribution is 5.69. The van der Waals surface area contributed by atoms with Crippen molar-refractivity contribution in [1.82, 2.24) is 24.7 Å². The van der Waals surface area contributed by atoms with Crippen molar-refractivity contribution < 1.29 is 27.4 Å². The van der Waals surface area contributed by atoms with Crippen LogP contribution in [0, 0.1) is 24.4 Å². The molecule has 2 heterocycles. The van der Waals surface area contributed by atoms with Crippen LogP contribution in [-0.4, -0.2) is 44.4 Å². The summed E-state index contributed by atoms with van der Waals surface area (Å²) in [5.41, 5.74) is 2.74. The molecule has 1 atom stereocenters. The predicted molar refractivity (Wildman–Crippen MR) is 134 cm³/mol. The van der Waals surface area contributed by atoms with E-state index in [1.165, 1.54) is 6.92 Å². The Morgan fingerprint density at radius 2 is 1.89 bits per heavy atom. The molecule has 8 nitrogen and oxygen atoms in total. The number of nitrogens with zero attached hydrogens (tertiary/aromatic N) is 4. The minimum absolute atomic E-state index is 0.120. The average Bonchev–Trinajstić information content (AvgIpc) is 3.54. The maximum atomic E-state index is 14.0. The van der Waals surface area contributed by atoms with Gasteiger partial charge in [0.1, 0.15) is 11.6 Å². The second-order valence-electron chi connectivity index (χ2n) is 8.62. The number of esters is 1. The van der Waals surface area contributed by atoms with E-state index in [1.807, 2.05) is 42.0 Å². The van der Waals surface area contributed by atoms with E-state index in [0.717, 1.165) is 29.1 Å². The van der Waals surface area contributed by atoms with E-state index in [0.29, 0.717) is 30.2 Å². The summed E-state index contributed by atoms with van der Waals surface area (Å²) >= 11 is 0. The van der Waals surface area contributed by atoms with E-state index >= 15 is 0 Å². The lowest BCUT2D eigenvalue weighted by Crippen LogP contribution is -2.09. The fraction of sp³-hybridized carbons (Fsp3) is 0.259. The molecule has 4 aromatic rings. The average molecular weight is 526 g/mol. The number of rotatable bonds is 10. The van der Waals surface area contributed by atoms with Crippen molar-refractivity contribution in [3.05, 3.63) is 88.8 Å². The van der Waals surface area contributed by atoms with Gasteiger partial charge in [-0.3, -0.25) is 4.79 Å². The fourth-order valence-corrected chi connectivity index (χ4v) is 4.00. The maximum Gasteiger partial charge on any atom is 0.302 e. The largest absolute Gasteiger partial charge is 0.495 e. The molecule has 0 aliphatic heterocycles. The van der Waals surface area contributed by atoms with Crippen LogP contribution < -0.4 is 4.74 Å². The Morgan fingerprint density at radius 1 is 1.13 bits per heavy atom. The zero-order valence-electron chi connectivity index (χ0n) is 21.0. The highest BCUT2D eigenvalue weighted by Crippen LogP contribution is 2.30. The Labute approximate surface area is 217 Å². The Balaban J connectivity index is 1.56. The first-order valence-electron chi connectivity index (χ1n) is 11.8. The molecule has 2 aromatic carbocycles. The lowest BCUT2D eigenvalue weighted by atomic mass is 9.93. The molecule has 38 heavy (non-hydrogen) atoms. The van der Waals surface area contributed by atoms with Crippen LogP contribution in [0.2, 0.25) is 0 Å². The van der Waals surface area contributed by atoms with E-state index in [1.54, 1.807) is 19.5 Å². The molecule has 2 aromatic heterocycles. The smallest absolute Gasteiger partial charge is 0.302 e. The molecule has 198 valence electrons. The van der Waals surface area contributed by atoms with Gasteiger partial charge in [0.25, 0.3) is 0 Å². The standard InChI is InChI=1S/C27H26F3N5O3/c1-16-14-35(15-31-16)23-8-6-18(11-24(23)37-3)7-9-25-32-27(34-33-25)20(5-4-10-38-17(2)36)19-12-21(28)26(30)22(29)13-19/h6-9,11-15,20H,4-5,10H2,1-3H3,(H,32,33,34). The first kappa shape index (κ1) is 26.6. The first-order chi connectivity index (χ1) is 18.2. The summed E-state index contributed by atoms with van der Waals surface area (Å²) in [5.74, 6) is -3.82.